The summed E-state index contributed by atoms with van der Waals surface area (Å²) in [5.41, 5.74) is 5.81. The number of hydrogen-bond donors (Lipinski definition) is 1. The van der Waals surface area contributed by atoms with Crippen molar-refractivity contribution in [1.29, 1.82) is 5.26 Å². The maximum absolute atomic E-state index is 8.65. The van der Waals surface area contributed by atoms with Crippen molar-refractivity contribution in [3.63, 3.8) is 0 Å². The summed E-state index contributed by atoms with van der Waals surface area (Å²) in [6.07, 6.45) is 1.62. The van der Waals surface area contributed by atoms with Crippen LogP contribution in [0, 0.1) is 11.3 Å². The van der Waals surface area contributed by atoms with Crippen LogP contribution in [0.1, 0.15) is 6.92 Å². The SMILES string of the molecule is CCO/C(N)=C(\C#N)C=[N+](C)C. The van der Waals surface area contributed by atoms with E-state index in [0.29, 0.717) is 12.2 Å². The number of hydrogen-bond acceptors (Lipinski definition) is 3. The Hall–Kier alpha value is -1.50. The minimum atomic E-state index is 0.175. The van der Waals surface area contributed by atoms with Gasteiger partial charge in [-0.2, -0.15) is 5.26 Å². The van der Waals surface area contributed by atoms with Crippen molar-refractivity contribution in [2.24, 2.45) is 5.73 Å². The fourth-order valence-corrected chi connectivity index (χ4v) is 0.639. The van der Waals surface area contributed by atoms with Crippen molar-refractivity contribution in [1.82, 2.24) is 0 Å². The summed E-state index contributed by atoms with van der Waals surface area (Å²) >= 11 is 0. The predicted molar refractivity (Wildman–Crippen MR) is 46.6 cm³/mol. The Labute approximate surface area is 72.6 Å². The first-order valence-corrected chi connectivity index (χ1v) is 3.65. The lowest BCUT2D eigenvalue weighted by Gasteiger charge is -2.00. The molecule has 0 rings (SSSR count). The predicted octanol–water partition coefficient (Wildman–Crippen LogP) is 0.0597. The van der Waals surface area contributed by atoms with E-state index in [4.69, 9.17) is 15.7 Å². The molecular weight excluding hydrogens is 154 g/mol. The zero-order chi connectivity index (χ0) is 9.56. The lowest BCUT2D eigenvalue weighted by atomic mass is 10.3. The van der Waals surface area contributed by atoms with Gasteiger partial charge in [-0.05, 0) is 6.92 Å². The molecule has 0 radical (unpaired) electrons. The summed E-state index contributed by atoms with van der Waals surface area (Å²) in [5, 5.41) is 8.65. The van der Waals surface area contributed by atoms with Crippen molar-refractivity contribution in [2.45, 2.75) is 6.92 Å². The zero-order valence-corrected chi connectivity index (χ0v) is 7.66. The van der Waals surface area contributed by atoms with Gasteiger partial charge < -0.3 is 10.5 Å². The first kappa shape index (κ1) is 10.5. The van der Waals surface area contributed by atoms with Gasteiger partial charge >= 0.3 is 0 Å². The maximum atomic E-state index is 8.65. The highest BCUT2D eigenvalue weighted by molar-refractivity contribution is 5.80. The highest BCUT2D eigenvalue weighted by Crippen LogP contribution is 1.95. The molecule has 2 N–H and O–H groups in total. The molecule has 0 saturated carbocycles. The summed E-state index contributed by atoms with van der Waals surface area (Å²) in [6, 6.07) is 1.95. The molecule has 0 atom stereocenters. The molecule has 0 unspecified atom stereocenters. The first-order chi connectivity index (χ1) is 5.61. The van der Waals surface area contributed by atoms with Crippen molar-refractivity contribution < 1.29 is 9.31 Å². The Morgan fingerprint density at radius 2 is 2.25 bits per heavy atom. The van der Waals surface area contributed by atoms with Gasteiger partial charge in [0.05, 0.1) is 6.61 Å². The van der Waals surface area contributed by atoms with Crippen LogP contribution in [-0.2, 0) is 4.74 Å². The summed E-state index contributed by atoms with van der Waals surface area (Å²) in [4.78, 5) is 0. The zero-order valence-electron chi connectivity index (χ0n) is 7.66. The average molecular weight is 168 g/mol. The van der Waals surface area contributed by atoms with Gasteiger partial charge in [-0.25, -0.2) is 4.58 Å². The molecule has 0 aromatic heterocycles. The molecule has 0 amide bonds. The molecule has 0 bridgehead atoms. The minimum Gasteiger partial charge on any atom is -0.479 e. The molecule has 0 heterocycles. The number of nitrogens with two attached hydrogens (primary N) is 1. The third-order valence-corrected chi connectivity index (χ3v) is 1.07. The number of nitriles is 1. The summed E-state index contributed by atoms with van der Waals surface area (Å²) in [7, 11) is 3.63. The topological polar surface area (TPSA) is 62.0 Å². The second-order valence-corrected chi connectivity index (χ2v) is 2.42. The number of nitrogens with zero attached hydrogens (tertiary/aromatic N) is 2. The molecule has 0 fully saturated rings. The van der Waals surface area contributed by atoms with Crippen LogP contribution in [-0.4, -0.2) is 31.5 Å². The van der Waals surface area contributed by atoms with Crippen LogP contribution in [0.5, 0.6) is 0 Å². The Morgan fingerprint density at radius 3 is 2.58 bits per heavy atom. The van der Waals surface area contributed by atoms with Crippen molar-refractivity contribution in [3.8, 4) is 6.07 Å². The van der Waals surface area contributed by atoms with Crippen molar-refractivity contribution in [2.75, 3.05) is 20.7 Å². The standard InChI is InChI=1S/C8H13N3O/c1-4-12-8(10)7(5-9)6-11(2)3/h6,10H,4H2,1-3H3/p+1. The third kappa shape index (κ3) is 3.62. The van der Waals surface area contributed by atoms with Crippen LogP contribution in [0.4, 0.5) is 0 Å². The maximum Gasteiger partial charge on any atom is 0.208 e. The molecule has 0 aromatic carbocycles. The molecule has 4 nitrogen and oxygen atoms in total. The van der Waals surface area contributed by atoms with E-state index in [9.17, 15) is 0 Å². The van der Waals surface area contributed by atoms with E-state index in [-0.39, 0.29) is 5.88 Å². The molecule has 0 aliphatic carbocycles. The lowest BCUT2D eigenvalue weighted by Crippen LogP contribution is -2.10. The van der Waals surface area contributed by atoms with Crippen LogP contribution in [0.3, 0.4) is 0 Å². The van der Waals surface area contributed by atoms with E-state index >= 15 is 0 Å². The van der Waals surface area contributed by atoms with Gasteiger partial charge in [-0.1, -0.05) is 0 Å². The number of rotatable bonds is 3. The molecule has 0 aliphatic rings. The third-order valence-electron chi connectivity index (χ3n) is 1.07. The van der Waals surface area contributed by atoms with Crippen molar-refractivity contribution in [3.05, 3.63) is 11.5 Å². The van der Waals surface area contributed by atoms with Crippen LogP contribution >= 0.6 is 0 Å². The average Bonchev–Trinajstić information content (AvgIpc) is 2.00. The summed E-state index contributed by atoms with van der Waals surface area (Å²) < 4.78 is 6.71. The van der Waals surface area contributed by atoms with E-state index in [2.05, 4.69) is 0 Å². The summed E-state index contributed by atoms with van der Waals surface area (Å²) in [6.45, 7) is 2.29. The fourth-order valence-electron chi connectivity index (χ4n) is 0.639. The van der Waals surface area contributed by atoms with Gasteiger partial charge in [0.15, 0.2) is 11.8 Å². The van der Waals surface area contributed by atoms with Gasteiger partial charge in [-0.15, -0.1) is 0 Å². The largest absolute Gasteiger partial charge is 0.479 e. The van der Waals surface area contributed by atoms with E-state index in [0.717, 1.165) is 0 Å². The van der Waals surface area contributed by atoms with Gasteiger partial charge in [-0.3, -0.25) is 0 Å². The Morgan fingerprint density at radius 1 is 1.67 bits per heavy atom. The van der Waals surface area contributed by atoms with Crippen LogP contribution in [0.15, 0.2) is 11.5 Å². The van der Waals surface area contributed by atoms with Crippen LogP contribution < -0.4 is 5.73 Å². The van der Waals surface area contributed by atoms with Crippen molar-refractivity contribution >= 4 is 6.21 Å². The second kappa shape index (κ2) is 5.19. The Bertz CT molecular complexity index is 244. The molecule has 0 saturated heterocycles. The Balaban J connectivity index is 4.65. The molecule has 66 valence electrons. The molecular formula is C8H14N3O+. The highest BCUT2D eigenvalue weighted by Gasteiger charge is 2.03. The monoisotopic (exact) mass is 168 g/mol. The summed E-state index contributed by atoms with van der Waals surface area (Å²) in [5.74, 6) is 0.175. The van der Waals surface area contributed by atoms with Gasteiger partial charge in [0.25, 0.3) is 0 Å². The molecule has 0 spiro atoms. The number of allylic oxidation sites excluding steroid dienone is 1. The molecule has 4 heteroatoms. The van der Waals surface area contributed by atoms with Gasteiger partial charge in [0, 0.05) is 0 Å². The van der Waals surface area contributed by atoms with Crippen LogP contribution in [0.2, 0.25) is 0 Å². The molecule has 0 aromatic rings. The fraction of sp³-hybridized carbons (Fsp3) is 0.500. The lowest BCUT2D eigenvalue weighted by molar-refractivity contribution is -0.458. The van der Waals surface area contributed by atoms with E-state index in [1.54, 1.807) is 10.8 Å². The van der Waals surface area contributed by atoms with Gasteiger partial charge in [0.2, 0.25) is 5.88 Å². The first-order valence-electron chi connectivity index (χ1n) is 3.65. The van der Waals surface area contributed by atoms with Gasteiger partial charge in [0.1, 0.15) is 20.2 Å². The van der Waals surface area contributed by atoms with Crippen LogP contribution in [0.25, 0.3) is 0 Å². The van der Waals surface area contributed by atoms with E-state index in [1.165, 1.54) is 0 Å². The van der Waals surface area contributed by atoms with E-state index in [1.807, 2.05) is 27.1 Å². The molecule has 12 heavy (non-hydrogen) atoms. The molecule has 0 aliphatic heterocycles. The Kier molecular flexibility index (Phi) is 4.54. The normalized spacial score (nSPS) is 11.2. The second-order valence-electron chi connectivity index (χ2n) is 2.42. The number of ether oxygens (including phenoxy) is 1. The van der Waals surface area contributed by atoms with E-state index < -0.39 is 0 Å². The quantitative estimate of drug-likeness (QED) is 0.280. The highest BCUT2D eigenvalue weighted by atomic mass is 16.5. The smallest absolute Gasteiger partial charge is 0.208 e. The minimum absolute atomic E-state index is 0.175.